The van der Waals surface area contributed by atoms with Crippen LogP contribution in [0.5, 0.6) is 0 Å². The van der Waals surface area contributed by atoms with Gasteiger partial charge in [-0.15, -0.1) is 0 Å². The first-order valence-corrected chi connectivity index (χ1v) is 10.9. The molecule has 0 atom stereocenters. The SMILES string of the molecule is Cc1c(C)c(C2=NON3N(C(=O)c4cccc([N+](=O)[O-])c4)c4ccccc4N23)c(C)c(C)c1Cl. The van der Waals surface area contributed by atoms with Gasteiger partial charge in [0.15, 0.2) is 0 Å². The summed E-state index contributed by atoms with van der Waals surface area (Å²) in [5.74, 6) is 0.0201. The normalized spacial score (nSPS) is 14.6. The Bertz CT molecular complexity index is 1390. The molecule has 1 amide bonds. The zero-order valence-corrected chi connectivity index (χ0v) is 19.6. The molecule has 0 spiro atoms. The molecular formula is C24H20ClN5O4. The van der Waals surface area contributed by atoms with E-state index in [0.29, 0.717) is 22.2 Å². The number of oxime groups is 1. The van der Waals surface area contributed by atoms with Crippen LogP contribution in [0.25, 0.3) is 0 Å². The van der Waals surface area contributed by atoms with Crippen LogP contribution in [0, 0.1) is 37.8 Å². The predicted molar refractivity (Wildman–Crippen MR) is 129 cm³/mol. The lowest BCUT2D eigenvalue weighted by Gasteiger charge is -2.25. The number of amidine groups is 1. The van der Waals surface area contributed by atoms with Crippen LogP contribution in [-0.2, 0) is 4.94 Å². The maximum Gasteiger partial charge on any atom is 0.277 e. The number of anilines is 2. The Hall–Kier alpha value is -3.95. The third-order valence-electron chi connectivity index (χ3n) is 6.33. The topological polar surface area (TPSA) is 91.5 Å². The summed E-state index contributed by atoms with van der Waals surface area (Å²) in [5.41, 5.74) is 5.88. The molecule has 5 rings (SSSR count). The van der Waals surface area contributed by atoms with Crippen molar-refractivity contribution in [3.05, 3.63) is 97.0 Å². The standard InChI is InChI=1S/C24H20ClN5O4/c1-13-15(3)22(25)16(4)14(2)21(13)23-26-34-30-27(23)19-10-5-6-11-20(19)28(30)24(31)17-8-7-9-18(12-17)29(32)33/h5-12H,1-4H3. The van der Waals surface area contributed by atoms with Crippen molar-refractivity contribution in [2.24, 2.45) is 5.16 Å². The number of nitro groups is 1. The summed E-state index contributed by atoms with van der Waals surface area (Å²) in [6.07, 6.45) is 0. The molecule has 2 aliphatic rings. The second-order valence-corrected chi connectivity index (χ2v) is 8.54. The van der Waals surface area contributed by atoms with Crippen molar-refractivity contribution in [1.82, 2.24) is 5.28 Å². The molecule has 0 radical (unpaired) electrons. The van der Waals surface area contributed by atoms with Gasteiger partial charge in [0, 0.05) is 28.3 Å². The van der Waals surface area contributed by atoms with E-state index >= 15 is 0 Å². The van der Waals surface area contributed by atoms with Gasteiger partial charge < -0.3 is 0 Å². The van der Waals surface area contributed by atoms with Crippen LogP contribution in [0.3, 0.4) is 0 Å². The number of hydrogen-bond acceptors (Lipinski definition) is 7. The van der Waals surface area contributed by atoms with E-state index < -0.39 is 10.8 Å². The second kappa shape index (κ2) is 7.82. The molecule has 34 heavy (non-hydrogen) atoms. The quantitative estimate of drug-likeness (QED) is 0.371. The highest BCUT2D eigenvalue weighted by Crippen LogP contribution is 2.44. The van der Waals surface area contributed by atoms with Gasteiger partial charge in [0.1, 0.15) is 0 Å². The van der Waals surface area contributed by atoms with Gasteiger partial charge >= 0.3 is 0 Å². The molecule has 0 bridgehead atoms. The molecule has 3 aromatic carbocycles. The number of rotatable bonds is 3. The molecule has 2 heterocycles. The lowest BCUT2D eigenvalue weighted by molar-refractivity contribution is -0.384. The van der Waals surface area contributed by atoms with E-state index in [0.717, 1.165) is 27.8 Å². The van der Waals surface area contributed by atoms with Crippen molar-refractivity contribution in [3.63, 3.8) is 0 Å². The molecule has 9 nitrogen and oxygen atoms in total. The minimum Gasteiger partial charge on any atom is -0.267 e. The smallest absolute Gasteiger partial charge is 0.267 e. The van der Waals surface area contributed by atoms with Gasteiger partial charge in [0.25, 0.3) is 11.6 Å². The van der Waals surface area contributed by atoms with Crippen molar-refractivity contribution in [3.8, 4) is 0 Å². The van der Waals surface area contributed by atoms with Crippen LogP contribution in [0.4, 0.5) is 17.1 Å². The van der Waals surface area contributed by atoms with E-state index in [4.69, 9.17) is 16.5 Å². The first-order chi connectivity index (χ1) is 16.2. The summed E-state index contributed by atoms with van der Waals surface area (Å²) in [6.45, 7) is 7.86. The number of carbonyl (C=O) groups excluding carboxylic acids is 1. The highest BCUT2D eigenvalue weighted by atomic mass is 35.5. The molecule has 0 aromatic heterocycles. The average molecular weight is 478 g/mol. The average Bonchev–Trinajstić information content (AvgIpc) is 3.40. The van der Waals surface area contributed by atoms with Crippen molar-refractivity contribution >= 4 is 40.4 Å². The van der Waals surface area contributed by atoms with Crippen LogP contribution in [0.2, 0.25) is 5.02 Å². The van der Waals surface area contributed by atoms with Crippen LogP contribution in [0.15, 0.2) is 53.7 Å². The first-order valence-electron chi connectivity index (χ1n) is 10.5. The van der Waals surface area contributed by atoms with Gasteiger partial charge in [-0.2, -0.15) is 10.0 Å². The maximum absolute atomic E-state index is 13.5. The number of benzene rings is 3. The number of carbonyl (C=O) groups is 1. The summed E-state index contributed by atoms with van der Waals surface area (Å²) >= 11 is 6.53. The molecule has 0 fully saturated rings. The Balaban J connectivity index is 1.62. The largest absolute Gasteiger partial charge is 0.277 e. The number of fused-ring (bicyclic) bond motifs is 3. The number of nitro benzene ring substituents is 1. The number of halogens is 1. The highest BCUT2D eigenvalue weighted by molar-refractivity contribution is 6.32. The zero-order valence-electron chi connectivity index (χ0n) is 18.9. The summed E-state index contributed by atoms with van der Waals surface area (Å²) in [6, 6.07) is 12.9. The highest BCUT2D eigenvalue weighted by Gasteiger charge is 2.47. The molecule has 172 valence electrons. The molecule has 0 N–H and O–H groups in total. The Morgan fingerprint density at radius 2 is 1.62 bits per heavy atom. The van der Waals surface area contributed by atoms with Gasteiger partial charge in [-0.3, -0.25) is 19.8 Å². The van der Waals surface area contributed by atoms with E-state index in [2.05, 4.69) is 5.16 Å². The van der Waals surface area contributed by atoms with E-state index in [1.165, 1.54) is 34.6 Å². The summed E-state index contributed by atoms with van der Waals surface area (Å²) in [5, 5.41) is 20.5. The lowest BCUT2D eigenvalue weighted by atomic mass is 9.93. The van der Waals surface area contributed by atoms with Gasteiger partial charge in [0.05, 0.1) is 21.6 Å². The molecule has 2 aliphatic heterocycles. The molecule has 10 heteroatoms. The van der Waals surface area contributed by atoms with Crippen molar-refractivity contribution in [1.29, 1.82) is 0 Å². The van der Waals surface area contributed by atoms with Gasteiger partial charge in [0.2, 0.25) is 5.84 Å². The Labute approximate surface area is 200 Å². The number of non-ortho nitro benzene ring substituents is 1. The fourth-order valence-electron chi connectivity index (χ4n) is 4.29. The molecule has 3 aromatic rings. The van der Waals surface area contributed by atoms with Crippen LogP contribution < -0.4 is 10.0 Å². The van der Waals surface area contributed by atoms with Crippen LogP contribution in [0.1, 0.15) is 38.2 Å². The van der Waals surface area contributed by atoms with E-state index in [1.54, 1.807) is 17.1 Å². The van der Waals surface area contributed by atoms with Gasteiger partial charge in [-0.25, -0.2) is 0 Å². The monoisotopic (exact) mass is 477 g/mol. The van der Waals surface area contributed by atoms with E-state index in [-0.39, 0.29) is 11.3 Å². The Kier molecular flexibility index (Phi) is 5.03. The zero-order chi connectivity index (χ0) is 24.3. The summed E-state index contributed by atoms with van der Waals surface area (Å²) < 4.78 is 0. The van der Waals surface area contributed by atoms with Gasteiger partial charge in [-0.1, -0.05) is 29.8 Å². The number of para-hydroxylation sites is 2. The summed E-state index contributed by atoms with van der Waals surface area (Å²) in [4.78, 5) is 29.9. The minimum atomic E-state index is -0.536. The maximum atomic E-state index is 13.5. The lowest BCUT2D eigenvalue weighted by Crippen LogP contribution is -2.49. The number of hydrazine groups is 2. The molecular weight excluding hydrogens is 458 g/mol. The second-order valence-electron chi connectivity index (χ2n) is 8.16. The third kappa shape index (κ3) is 3.05. The Morgan fingerprint density at radius 3 is 2.26 bits per heavy atom. The molecule has 0 aliphatic carbocycles. The number of amides is 1. The number of nitrogens with zero attached hydrogens (tertiary/aromatic N) is 5. The fraction of sp³-hybridized carbons (Fsp3) is 0.167. The third-order valence-corrected chi connectivity index (χ3v) is 6.90. The van der Waals surface area contributed by atoms with E-state index in [9.17, 15) is 14.9 Å². The van der Waals surface area contributed by atoms with Gasteiger partial charge in [-0.05, 0) is 73.3 Å². The molecule has 0 saturated carbocycles. The fourth-order valence-corrected chi connectivity index (χ4v) is 4.58. The predicted octanol–water partition coefficient (Wildman–Crippen LogP) is 5.39. The first kappa shape index (κ1) is 21.9. The molecule has 0 unspecified atom stereocenters. The van der Waals surface area contributed by atoms with Crippen molar-refractivity contribution in [2.75, 3.05) is 10.0 Å². The van der Waals surface area contributed by atoms with Crippen molar-refractivity contribution < 1.29 is 14.7 Å². The number of hydrogen-bond donors (Lipinski definition) is 0. The van der Waals surface area contributed by atoms with E-state index in [1.807, 2.05) is 39.8 Å². The molecule has 0 saturated heterocycles. The van der Waals surface area contributed by atoms with Crippen molar-refractivity contribution in [2.45, 2.75) is 27.7 Å². The summed E-state index contributed by atoms with van der Waals surface area (Å²) in [7, 11) is 0. The van der Waals surface area contributed by atoms with Crippen LogP contribution in [-0.4, -0.2) is 21.9 Å². The minimum absolute atomic E-state index is 0.147. The Morgan fingerprint density at radius 1 is 0.971 bits per heavy atom. The van der Waals surface area contributed by atoms with Crippen LogP contribution >= 0.6 is 11.6 Å².